The van der Waals surface area contributed by atoms with E-state index < -0.39 is 27.0 Å². The van der Waals surface area contributed by atoms with Gasteiger partial charge in [0.15, 0.2) is 9.84 Å². The van der Waals surface area contributed by atoms with Crippen LogP contribution >= 0.6 is 0 Å². The summed E-state index contributed by atoms with van der Waals surface area (Å²) in [5.41, 5.74) is 6.42. The Morgan fingerprint density at radius 1 is 1.30 bits per heavy atom. The highest BCUT2D eigenvalue weighted by molar-refractivity contribution is 7.93. The number of nitrogens with one attached hydrogen (secondary N) is 2. The van der Waals surface area contributed by atoms with Gasteiger partial charge in [-0.15, -0.1) is 0 Å². The Balaban J connectivity index is 3.13. The maximum atomic E-state index is 12.3. The number of hydrogen-bond acceptors (Lipinski definition) is 5. The molecule has 0 bridgehead atoms. The molecule has 7 nitrogen and oxygen atoms in total. The Morgan fingerprint density at radius 3 is 2.45 bits per heavy atom. The van der Waals surface area contributed by atoms with Crippen LogP contribution in [-0.4, -0.2) is 32.7 Å². The molecule has 3 amide bonds. The van der Waals surface area contributed by atoms with E-state index in [4.69, 9.17) is 5.73 Å². The lowest BCUT2D eigenvalue weighted by atomic mass is 10.2. The number of carbonyl (C=O) groups excluding carboxylic acids is 2. The second-order valence-electron chi connectivity index (χ2n) is 4.30. The first-order chi connectivity index (χ1) is 9.20. The van der Waals surface area contributed by atoms with Crippen molar-refractivity contribution in [2.75, 3.05) is 12.8 Å². The molecule has 0 spiro atoms. The molecule has 1 rings (SSSR count). The first kappa shape index (κ1) is 16.0. The van der Waals surface area contributed by atoms with E-state index in [1.807, 2.05) is 5.32 Å². The lowest BCUT2D eigenvalue weighted by Crippen LogP contribution is -2.44. The van der Waals surface area contributed by atoms with E-state index >= 15 is 0 Å². The van der Waals surface area contributed by atoms with Crippen molar-refractivity contribution in [3.63, 3.8) is 0 Å². The summed E-state index contributed by atoms with van der Waals surface area (Å²) in [6.07, 6.45) is 0. The van der Waals surface area contributed by atoms with Crippen LogP contribution in [0.5, 0.6) is 0 Å². The van der Waals surface area contributed by atoms with Crippen LogP contribution < -0.4 is 16.4 Å². The van der Waals surface area contributed by atoms with Crippen LogP contribution in [0.25, 0.3) is 0 Å². The largest absolute Gasteiger partial charge is 0.398 e. The minimum atomic E-state index is -3.96. The van der Waals surface area contributed by atoms with Crippen LogP contribution in [0.4, 0.5) is 10.5 Å². The van der Waals surface area contributed by atoms with Crippen LogP contribution in [0.1, 0.15) is 12.5 Å². The molecule has 0 saturated heterocycles. The average molecular weight is 299 g/mol. The summed E-state index contributed by atoms with van der Waals surface area (Å²) in [5.74, 6) is -0.912. The Bertz CT molecular complexity index is 640. The van der Waals surface area contributed by atoms with E-state index in [2.05, 4.69) is 5.32 Å². The number of hydrogen-bond donors (Lipinski definition) is 3. The van der Waals surface area contributed by atoms with Gasteiger partial charge < -0.3 is 11.1 Å². The molecule has 0 heterocycles. The highest BCUT2D eigenvalue weighted by Crippen LogP contribution is 2.24. The van der Waals surface area contributed by atoms with Gasteiger partial charge in [-0.3, -0.25) is 10.1 Å². The zero-order valence-electron chi connectivity index (χ0n) is 11.4. The monoisotopic (exact) mass is 299 g/mol. The van der Waals surface area contributed by atoms with Crippen molar-refractivity contribution in [2.45, 2.75) is 24.0 Å². The molecular formula is C12H17N3O4S. The van der Waals surface area contributed by atoms with Gasteiger partial charge in [-0.05, 0) is 31.5 Å². The van der Waals surface area contributed by atoms with E-state index in [1.165, 1.54) is 26.1 Å². The zero-order valence-corrected chi connectivity index (χ0v) is 12.2. The maximum Gasteiger partial charge on any atom is 0.321 e. The fourth-order valence-corrected chi connectivity index (χ4v) is 2.96. The zero-order chi connectivity index (χ0) is 15.5. The number of urea groups is 1. The second kappa shape index (κ2) is 5.91. The molecule has 8 heteroatoms. The smallest absolute Gasteiger partial charge is 0.321 e. The number of anilines is 1. The lowest BCUT2D eigenvalue weighted by Gasteiger charge is -2.14. The van der Waals surface area contributed by atoms with Crippen LogP contribution in [0.15, 0.2) is 23.1 Å². The number of amides is 3. The number of sulfone groups is 1. The summed E-state index contributed by atoms with van der Waals surface area (Å²) in [6, 6.07) is 3.76. The molecule has 0 aromatic heterocycles. The molecule has 1 unspecified atom stereocenters. The van der Waals surface area contributed by atoms with Crippen molar-refractivity contribution in [1.82, 2.24) is 10.6 Å². The van der Waals surface area contributed by atoms with Crippen molar-refractivity contribution in [2.24, 2.45) is 0 Å². The SMILES string of the molecule is CNC(=O)NC(=O)C(C)S(=O)(=O)c1cc(C)ccc1N. The summed E-state index contributed by atoms with van der Waals surface area (Å²) in [6.45, 7) is 2.92. The minimum Gasteiger partial charge on any atom is -0.398 e. The van der Waals surface area contributed by atoms with Gasteiger partial charge in [0.1, 0.15) is 5.25 Å². The molecule has 1 aromatic carbocycles. The number of imide groups is 1. The van der Waals surface area contributed by atoms with Crippen molar-refractivity contribution in [1.29, 1.82) is 0 Å². The topological polar surface area (TPSA) is 118 Å². The Labute approximate surface area is 117 Å². The molecule has 0 aliphatic heterocycles. The maximum absolute atomic E-state index is 12.3. The first-order valence-corrected chi connectivity index (χ1v) is 7.37. The fourth-order valence-electron chi connectivity index (χ4n) is 1.50. The standard InChI is InChI=1S/C12H17N3O4S/c1-7-4-5-9(13)10(6-7)20(18,19)8(2)11(16)15-12(17)14-3/h4-6,8H,13H2,1-3H3,(H2,14,15,16,17). The van der Waals surface area contributed by atoms with Gasteiger partial charge in [0.05, 0.1) is 10.6 Å². The Hall–Kier alpha value is -2.09. The van der Waals surface area contributed by atoms with Crippen LogP contribution in [0.3, 0.4) is 0 Å². The quantitative estimate of drug-likeness (QED) is 0.689. The molecule has 0 saturated carbocycles. The van der Waals surface area contributed by atoms with E-state index in [1.54, 1.807) is 13.0 Å². The second-order valence-corrected chi connectivity index (χ2v) is 6.53. The summed E-state index contributed by atoms with van der Waals surface area (Å²) < 4.78 is 24.7. The number of nitrogen functional groups attached to an aromatic ring is 1. The Morgan fingerprint density at radius 2 is 1.90 bits per heavy atom. The molecule has 0 fully saturated rings. The normalized spacial score (nSPS) is 12.6. The summed E-state index contributed by atoms with van der Waals surface area (Å²) in [7, 11) is -2.64. The lowest BCUT2D eigenvalue weighted by molar-refractivity contribution is -0.119. The fraction of sp³-hybridized carbons (Fsp3) is 0.333. The van der Waals surface area contributed by atoms with Gasteiger partial charge in [-0.25, -0.2) is 13.2 Å². The first-order valence-electron chi connectivity index (χ1n) is 5.82. The molecule has 0 aliphatic carbocycles. The third kappa shape index (κ3) is 3.27. The molecule has 0 radical (unpaired) electrons. The van der Waals surface area contributed by atoms with E-state index in [-0.39, 0.29) is 10.6 Å². The van der Waals surface area contributed by atoms with Gasteiger partial charge in [0, 0.05) is 7.05 Å². The third-order valence-corrected chi connectivity index (χ3v) is 4.89. The van der Waals surface area contributed by atoms with Crippen LogP contribution in [0.2, 0.25) is 0 Å². The van der Waals surface area contributed by atoms with Crippen LogP contribution in [-0.2, 0) is 14.6 Å². The van der Waals surface area contributed by atoms with Crippen molar-refractivity contribution in [3.8, 4) is 0 Å². The predicted molar refractivity (Wildman–Crippen MR) is 74.8 cm³/mol. The van der Waals surface area contributed by atoms with Crippen molar-refractivity contribution >= 4 is 27.5 Å². The third-order valence-electron chi connectivity index (χ3n) is 2.77. The van der Waals surface area contributed by atoms with Gasteiger partial charge in [0.2, 0.25) is 5.91 Å². The molecule has 1 aromatic rings. The highest BCUT2D eigenvalue weighted by atomic mass is 32.2. The molecule has 110 valence electrons. The highest BCUT2D eigenvalue weighted by Gasteiger charge is 2.32. The predicted octanol–water partition coefficient (Wildman–Crippen LogP) is 0.195. The van der Waals surface area contributed by atoms with E-state index in [9.17, 15) is 18.0 Å². The summed E-state index contributed by atoms with van der Waals surface area (Å²) in [4.78, 5) is 22.7. The molecule has 20 heavy (non-hydrogen) atoms. The van der Waals surface area contributed by atoms with E-state index in [0.29, 0.717) is 5.56 Å². The number of nitrogens with two attached hydrogens (primary N) is 1. The molecular weight excluding hydrogens is 282 g/mol. The average Bonchev–Trinajstić information content (AvgIpc) is 2.40. The van der Waals surface area contributed by atoms with Crippen molar-refractivity contribution < 1.29 is 18.0 Å². The van der Waals surface area contributed by atoms with Crippen molar-refractivity contribution in [3.05, 3.63) is 23.8 Å². The number of benzene rings is 1. The van der Waals surface area contributed by atoms with E-state index in [0.717, 1.165) is 0 Å². The molecule has 0 aliphatic rings. The Kier molecular flexibility index (Phi) is 4.72. The summed E-state index contributed by atoms with van der Waals surface area (Å²) in [5, 5.41) is 2.68. The minimum absolute atomic E-state index is 0.0650. The number of aryl methyl sites for hydroxylation is 1. The van der Waals surface area contributed by atoms with Gasteiger partial charge in [0.25, 0.3) is 0 Å². The van der Waals surface area contributed by atoms with Gasteiger partial charge >= 0.3 is 6.03 Å². The molecule has 4 N–H and O–H groups in total. The summed E-state index contributed by atoms with van der Waals surface area (Å²) >= 11 is 0. The molecule has 1 atom stereocenters. The van der Waals surface area contributed by atoms with Gasteiger partial charge in [-0.2, -0.15) is 0 Å². The van der Waals surface area contributed by atoms with Gasteiger partial charge in [-0.1, -0.05) is 6.07 Å². The van der Waals surface area contributed by atoms with Crippen LogP contribution in [0, 0.1) is 6.92 Å². The number of carbonyl (C=O) groups is 2. The number of rotatable bonds is 3.